The average molecular weight is 314 g/mol. The molecule has 0 bridgehead atoms. The van der Waals surface area contributed by atoms with E-state index in [2.05, 4.69) is 37.4 Å². The highest BCUT2D eigenvalue weighted by atomic mass is 32.1. The van der Waals surface area contributed by atoms with Crippen LogP contribution in [0.15, 0.2) is 36.4 Å². The molecule has 3 rings (SSSR count). The predicted octanol–water partition coefficient (Wildman–Crippen LogP) is 4.12. The van der Waals surface area contributed by atoms with Crippen LogP contribution in [0.3, 0.4) is 0 Å². The molecule has 2 atom stereocenters. The molecular formula is C18H22N2OS. The molecule has 1 amide bonds. The lowest BCUT2D eigenvalue weighted by atomic mass is 9.82. The number of nitrogens with one attached hydrogen (secondary N) is 1. The highest BCUT2D eigenvalue weighted by Crippen LogP contribution is 2.38. The maximum Gasteiger partial charge on any atom is 0.224 e. The van der Waals surface area contributed by atoms with E-state index in [0.29, 0.717) is 5.92 Å². The van der Waals surface area contributed by atoms with E-state index in [9.17, 15) is 4.79 Å². The largest absolute Gasteiger partial charge is 0.356 e. The van der Waals surface area contributed by atoms with Crippen molar-refractivity contribution in [1.82, 2.24) is 10.3 Å². The number of para-hydroxylation sites is 1. The van der Waals surface area contributed by atoms with E-state index in [1.807, 2.05) is 18.2 Å². The van der Waals surface area contributed by atoms with Crippen LogP contribution in [0, 0.1) is 11.8 Å². The smallest absolute Gasteiger partial charge is 0.224 e. The summed E-state index contributed by atoms with van der Waals surface area (Å²) in [6.45, 7) is 4.98. The summed E-state index contributed by atoms with van der Waals surface area (Å²) in [4.78, 5) is 17.3. The molecule has 1 aliphatic rings. The molecule has 0 radical (unpaired) electrons. The zero-order valence-electron chi connectivity index (χ0n) is 13.1. The van der Waals surface area contributed by atoms with Gasteiger partial charge in [-0.25, -0.2) is 4.98 Å². The van der Waals surface area contributed by atoms with Crippen LogP contribution in [-0.4, -0.2) is 17.4 Å². The van der Waals surface area contributed by atoms with E-state index in [4.69, 9.17) is 4.98 Å². The van der Waals surface area contributed by atoms with Gasteiger partial charge in [0.25, 0.3) is 0 Å². The van der Waals surface area contributed by atoms with Crippen molar-refractivity contribution in [3.8, 4) is 0 Å². The summed E-state index contributed by atoms with van der Waals surface area (Å²) in [5.74, 6) is 0.852. The molecule has 1 aliphatic carbocycles. The van der Waals surface area contributed by atoms with Crippen LogP contribution < -0.4 is 5.32 Å². The molecule has 2 unspecified atom stereocenters. The molecule has 0 saturated carbocycles. The summed E-state index contributed by atoms with van der Waals surface area (Å²) in [5.41, 5.74) is 1.04. The van der Waals surface area contributed by atoms with Gasteiger partial charge in [0.1, 0.15) is 0 Å². The molecule has 1 N–H and O–H groups in total. The third-order valence-electron chi connectivity index (χ3n) is 4.08. The van der Waals surface area contributed by atoms with Gasteiger partial charge in [0, 0.05) is 12.5 Å². The molecule has 0 fully saturated rings. The fourth-order valence-electron chi connectivity index (χ4n) is 2.86. The average Bonchev–Trinajstić information content (AvgIpc) is 2.96. The van der Waals surface area contributed by atoms with Gasteiger partial charge >= 0.3 is 0 Å². The first kappa shape index (κ1) is 15.2. The number of benzene rings is 1. The molecule has 116 valence electrons. The molecule has 4 heteroatoms. The van der Waals surface area contributed by atoms with Gasteiger partial charge in [-0.2, -0.15) is 0 Å². The van der Waals surface area contributed by atoms with E-state index < -0.39 is 0 Å². The Morgan fingerprint density at radius 2 is 2.09 bits per heavy atom. The molecule has 1 aromatic carbocycles. The number of nitrogens with zero attached hydrogens (tertiary/aromatic N) is 1. The number of rotatable bonds is 4. The van der Waals surface area contributed by atoms with Crippen molar-refractivity contribution in [2.45, 2.75) is 32.6 Å². The summed E-state index contributed by atoms with van der Waals surface area (Å²) >= 11 is 1.72. The van der Waals surface area contributed by atoms with Gasteiger partial charge in [0.05, 0.1) is 21.1 Å². The Morgan fingerprint density at radius 3 is 2.86 bits per heavy atom. The minimum atomic E-state index is 0.00399. The number of thiazole rings is 1. The van der Waals surface area contributed by atoms with Gasteiger partial charge in [-0.3, -0.25) is 4.79 Å². The lowest BCUT2D eigenvalue weighted by Crippen LogP contribution is -2.36. The first-order chi connectivity index (χ1) is 10.6. The highest BCUT2D eigenvalue weighted by molar-refractivity contribution is 7.18. The van der Waals surface area contributed by atoms with Crippen molar-refractivity contribution < 1.29 is 4.79 Å². The molecular weight excluding hydrogens is 292 g/mol. The molecule has 0 spiro atoms. The van der Waals surface area contributed by atoms with Crippen LogP contribution >= 0.6 is 11.3 Å². The zero-order chi connectivity index (χ0) is 15.5. The van der Waals surface area contributed by atoms with Gasteiger partial charge < -0.3 is 5.32 Å². The fraction of sp³-hybridized carbons (Fsp3) is 0.444. The van der Waals surface area contributed by atoms with Crippen LogP contribution in [-0.2, 0) is 4.79 Å². The van der Waals surface area contributed by atoms with Gasteiger partial charge in [-0.05, 0) is 30.9 Å². The van der Waals surface area contributed by atoms with Crippen LogP contribution in [0.1, 0.15) is 37.6 Å². The third kappa shape index (κ3) is 3.22. The monoisotopic (exact) mass is 314 g/mol. The number of amides is 1. The minimum Gasteiger partial charge on any atom is -0.356 e. The van der Waals surface area contributed by atoms with Crippen LogP contribution in [0.5, 0.6) is 0 Å². The van der Waals surface area contributed by atoms with E-state index in [1.165, 1.54) is 4.70 Å². The second kappa shape index (κ2) is 6.61. The van der Waals surface area contributed by atoms with Crippen molar-refractivity contribution in [3.05, 3.63) is 41.4 Å². The van der Waals surface area contributed by atoms with Crippen molar-refractivity contribution >= 4 is 27.5 Å². The van der Waals surface area contributed by atoms with Gasteiger partial charge in [0.2, 0.25) is 5.91 Å². The lowest BCUT2D eigenvalue weighted by Gasteiger charge is -2.26. The number of allylic oxidation sites excluding steroid dienone is 2. The molecule has 2 aromatic rings. The molecule has 1 aromatic heterocycles. The lowest BCUT2D eigenvalue weighted by molar-refractivity contribution is -0.125. The number of carbonyl (C=O) groups excluding carboxylic acids is 1. The SMILES string of the molecule is CC(C)CNC(=O)C1CC=CCC1c1nc2ccccc2s1. The Kier molecular flexibility index (Phi) is 4.57. The Labute approximate surface area is 135 Å². The topological polar surface area (TPSA) is 42.0 Å². The Bertz CT molecular complexity index is 656. The van der Waals surface area contributed by atoms with Crippen molar-refractivity contribution in [2.75, 3.05) is 6.54 Å². The van der Waals surface area contributed by atoms with E-state index >= 15 is 0 Å². The second-order valence-electron chi connectivity index (χ2n) is 6.31. The predicted molar refractivity (Wildman–Crippen MR) is 92.1 cm³/mol. The Hall–Kier alpha value is -1.68. The number of hydrogen-bond donors (Lipinski definition) is 1. The number of aromatic nitrogens is 1. The van der Waals surface area contributed by atoms with E-state index in [1.54, 1.807) is 11.3 Å². The van der Waals surface area contributed by atoms with Crippen LogP contribution in [0.4, 0.5) is 0 Å². The summed E-state index contributed by atoms with van der Waals surface area (Å²) in [6.07, 6.45) is 6.02. The summed E-state index contributed by atoms with van der Waals surface area (Å²) in [5, 5.41) is 4.18. The molecule has 3 nitrogen and oxygen atoms in total. The van der Waals surface area contributed by atoms with E-state index in [-0.39, 0.29) is 17.7 Å². The van der Waals surface area contributed by atoms with Crippen LogP contribution in [0.2, 0.25) is 0 Å². The summed E-state index contributed by atoms with van der Waals surface area (Å²) in [6, 6.07) is 8.20. The summed E-state index contributed by atoms with van der Waals surface area (Å²) < 4.78 is 1.20. The second-order valence-corrected chi connectivity index (χ2v) is 7.38. The normalized spacial score (nSPS) is 21.4. The van der Waals surface area contributed by atoms with Crippen molar-refractivity contribution in [2.24, 2.45) is 11.8 Å². The zero-order valence-corrected chi connectivity index (χ0v) is 13.9. The van der Waals surface area contributed by atoms with Gasteiger partial charge in [-0.1, -0.05) is 38.1 Å². The third-order valence-corrected chi connectivity index (χ3v) is 5.25. The molecule has 22 heavy (non-hydrogen) atoms. The molecule has 0 saturated heterocycles. The minimum absolute atomic E-state index is 0.00399. The standard InChI is InChI=1S/C18H22N2OS/c1-12(2)11-19-17(21)13-7-3-4-8-14(13)18-20-15-9-5-6-10-16(15)22-18/h3-6,9-10,12-14H,7-8,11H2,1-2H3,(H,19,21). The van der Waals surface area contributed by atoms with Gasteiger partial charge in [0.15, 0.2) is 0 Å². The van der Waals surface area contributed by atoms with Crippen LogP contribution in [0.25, 0.3) is 10.2 Å². The number of fused-ring (bicyclic) bond motifs is 1. The maximum absolute atomic E-state index is 12.5. The molecule has 0 aliphatic heterocycles. The van der Waals surface area contributed by atoms with Crippen molar-refractivity contribution in [1.29, 1.82) is 0 Å². The maximum atomic E-state index is 12.5. The Balaban J connectivity index is 1.83. The highest BCUT2D eigenvalue weighted by Gasteiger charge is 2.32. The number of carbonyl (C=O) groups is 1. The van der Waals surface area contributed by atoms with Gasteiger partial charge in [-0.15, -0.1) is 11.3 Å². The van der Waals surface area contributed by atoms with E-state index in [0.717, 1.165) is 29.9 Å². The number of hydrogen-bond acceptors (Lipinski definition) is 3. The summed E-state index contributed by atoms with van der Waals surface area (Å²) in [7, 11) is 0. The quantitative estimate of drug-likeness (QED) is 0.863. The first-order valence-corrected chi connectivity index (χ1v) is 8.75. The molecule has 1 heterocycles. The fourth-order valence-corrected chi connectivity index (χ4v) is 4.01. The van der Waals surface area contributed by atoms with Crippen molar-refractivity contribution in [3.63, 3.8) is 0 Å². The Morgan fingerprint density at radius 1 is 1.32 bits per heavy atom. The first-order valence-electron chi connectivity index (χ1n) is 7.93.